The molecule has 1 fully saturated rings. The quantitative estimate of drug-likeness (QED) is 0.659. The molecular formula is C13H14F2N2O4. The molecule has 1 aliphatic carbocycles. The summed E-state index contributed by atoms with van der Waals surface area (Å²) in [7, 11) is 0. The number of nitro benzene ring substituents is 1. The van der Waals surface area contributed by atoms with E-state index in [2.05, 4.69) is 5.32 Å². The fraction of sp³-hybridized carbons (Fsp3) is 0.462. The van der Waals surface area contributed by atoms with Crippen molar-refractivity contribution >= 4 is 17.3 Å². The molecule has 0 aromatic heterocycles. The van der Waals surface area contributed by atoms with Crippen molar-refractivity contribution in [3.8, 4) is 0 Å². The molecule has 0 spiro atoms. The molecule has 2 N–H and O–H groups in total. The number of nitrogens with one attached hydrogen (secondary N) is 1. The van der Waals surface area contributed by atoms with Crippen LogP contribution in [-0.2, 0) is 4.79 Å². The van der Waals surface area contributed by atoms with Crippen LogP contribution in [0.5, 0.6) is 0 Å². The van der Waals surface area contributed by atoms with Gasteiger partial charge in [-0.2, -0.15) is 0 Å². The molecule has 114 valence electrons. The lowest BCUT2D eigenvalue weighted by Gasteiger charge is -2.27. The summed E-state index contributed by atoms with van der Waals surface area (Å²) in [5.41, 5.74) is -1.01. The average Bonchev–Trinajstić information content (AvgIpc) is 2.44. The Bertz CT molecular complexity index is 572. The van der Waals surface area contributed by atoms with Gasteiger partial charge in [-0.3, -0.25) is 14.9 Å². The van der Waals surface area contributed by atoms with Crippen molar-refractivity contribution in [1.29, 1.82) is 0 Å². The highest BCUT2D eigenvalue weighted by atomic mass is 19.2. The Morgan fingerprint density at radius 2 is 1.90 bits per heavy atom. The van der Waals surface area contributed by atoms with E-state index in [1.54, 1.807) is 0 Å². The Morgan fingerprint density at radius 1 is 1.29 bits per heavy atom. The number of aliphatic carboxylic acids is 1. The zero-order valence-corrected chi connectivity index (χ0v) is 11.0. The van der Waals surface area contributed by atoms with Gasteiger partial charge in [0.25, 0.3) is 5.69 Å². The molecule has 0 saturated heterocycles. The minimum Gasteiger partial charge on any atom is -0.481 e. The minimum atomic E-state index is -1.29. The Kier molecular flexibility index (Phi) is 4.35. The van der Waals surface area contributed by atoms with Crippen molar-refractivity contribution in [2.75, 3.05) is 5.32 Å². The number of carbonyl (C=O) groups is 1. The summed E-state index contributed by atoms with van der Waals surface area (Å²) in [6.07, 6.45) is 1.67. The Hall–Kier alpha value is -2.25. The van der Waals surface area contributed by atoms with Crippen LogP contribution in [0, 0.1) is 27.7 Å². The fourth-order valence-electron chi connectivity index (χ4n) is 2.52. The molecule has 0 bridgehead atoms. The molecule has 0 atom stereocenters. The highest BCUT2D eigenvalue weighted by molar-refractivity contribution is 5.70. The summed E-state index contributed by atoms with van der Waals surface area (Å²) < 4.78 is 27.0. The predicted molar refractivity (Wildman–Crippen MR) is 70.0 cm³/mol. The van der Waals surface area contributed by atoms with E-state index in [0.717, 1.165) is 6.07 Å². The minimum absolute atomic E-state index is 0.310. The topological polar surface area (TPSA) is 92.5 Å². The van der Waals surface area contributed by atoms with Gasteiger partial charge in [0.05, 0.1) is 10.8 Å². The van der Waals surface area contributed by atoms with Gasteiger partial charge in [-0.05, 0) is 31.7 Å². The summed E-state index contributed by atoms with van der Waals surface area (Å²) in [4.78, 5) is 20.9. The van der Waals surface area contributed by atoms with Gasteiger partial charge in [-0.15, -0.1) is 0 Å². The lowest BCUT2D eigenvalue weighted by atomic mass is 9.86. The second-order valence-electron chi connectivity index (χ2n) is 5.04. The SMILES string of the molecule is O=C(O)C1CCC(Nc2c([N+](=O)[O-])ccc(F)c2F)CC1. The summed E-state index contributed by atoms with van der Waals surface area (Å²) in [6.45, 7) is 0. The first-order chi connectivity index (χ1) is 9.90. The van der Waals surface area contributed by atoms with Gasteiger partial charge in [0, 0.05) is 12.1 Å². The molecule has 0 unspecified atom stereocenters. The molecule has 21 heavy (non-hydrogen) atoms. The van der Waals surface area contributed by atoms with Crippen molar-refractivity contribution in [2.45, 2.75) is 31.7 Å². The monoisotopic (exact) mass is 300 g/mol. The number of anilines is 1. The van der Waals surface area contributed by atoms with Gasteiger partial charge >= 0.3 is 5.97 Å². The van der Waals surface area contributed by atoms with Crippen LogP contribution < -0.4 is 5.32 Å². The molecule has 8 heteroatoms. The maximum Gasteiger partial charge on any atom is 0.306 e. The zero-order valence-electron chi connectivity index (χ0n) is 11.0. The van der Waals surface area contributed by atoms with Gasteiger partial charge in [0.2, 0.25) is 0 Å². The van der Waals surface area contributed by atoms with Gasteiger partial charge in [0.15, 0.2) is 17.3 Å². The van der Waals surface area contributed by atoms with E-state index in [1.807, 2.05) is 0 Å². The van der Waals surface area contributed by atoms with E-state index < -0.39 is 39.8 Å². The number of rotatable bonds is 4. The third-order valence-corrected chi connectivity index (χ3v) is 3.69. The Morgan fingerprint density at radius 3 is 2.43 bits per heavy atom. The van der Waals surface area contributed by atoms with Crippen molar-refractivity contribution < 1.29 is 23.6 Å². The number of nitro groups is 1. The summed E-state index contributed by atoms with van der Waals surface area (Å²) >= 11 is 0. The zero-order chi connectivity index (χ0) is 15.6. The number of carboxylic acids is 1. The number of hydrogen-bond donors (Lipinski definition) is 2. The first kappa shape index (κ1) is 15.1. The van der Waals surface area contributed by atoms with Crippen molar-refractivity contribution in [3.63, 3.8) is 0 Å². The van der Waals surface area contributed by atoms with Crippen molar-refractivity contribution in [3.05, 3.63) is 33.9 Å². The summed E-state index contributed by atoms with van der Waals surface area (Å²) in [6, 6.07) is 1.31. The largest absolute Gasteiger partial charge is 0.481 e. The lowest BCUT2D eigenvalue weighted by molar-refractivity contribution is -0.384. The molecule has 6 nitrogen and oxygen atoms in total. The second kappa shape index (κ2) is 6.02. The molecule has 1 saturated carbocycles. The Balaban J connectivity index is 2.15. The van der Waals surface area contributed by atoms with Crippen molar-refractivity contribution in [1.82, 2.24) is 0 Å². The molecule has 0 aliphatic heterocycles. The number of hydrogen-bond acceptors (Lipinski definition) is 4. The number of carboxylic acid groups (broad SMARTS) is 1. The molecule has 0 heterocycles. The van der Waals surface area contributed by atoms with Gasteiger partial charge < -0.3 is 10.4 Å². The second-order valence-corrected chi connectivity index (χ2v) is 5.04. The highest BCUT2D eigenvalue weighted by Gasteiger charge is 2.29. The van der Waals surface area contributed by atoms with Crippen LogP contribution in [0.15, 0.2) is 12.1 Å². The normalized spacial score (nSPS) is 21.8. The van der Waals surface area contributed by atoms with Crippen LogP contribution in [0.4, 0.5) is 20.2 Å². The van der Waals surface area contributed by atoms with Crippen LogP contribution in [0.1, 0.15) is 25.7 Å². The molecule has 2 rings (SSSR count). The molecule has 0 amide bonds. The van der Waals surface area contributed by atoms with E-state index in [1.165, 1.54) is 0 Å². The maximum atomic E-state index is 13.7. The van der Waals surface area contributed by atoms with Gasteiger partial charge in [-0.25, -0.2) is 8.78 Å². The number of halogens is 2. The lowest BCUT2D eigenvalue weighted by Crippen LogP contribution is -2.29. The van der Waals surface area contributed by atoms with Crippen LogP contribution in [0.2, 0.25) is 0 Å². The fourth-order valence-corrected chi connectivity index (χ4v) is 2.52. The average molecular weight is 300 g/mol. The molecule has 1 aromatic rings. The first-order valence-corrected chi connectivity index (χ1v) is 6.52. The number of nitrogens with zero attached hydrogens (tertiary/aromatic N) is 1. The first-order valence-electron chi connectivity index (χ1n) is 6.52. The van der Waals surface area contributed by atoms with Crippen LogP contribution in [0.3, 0.4) is 0 Å². The smallest absolute Gasteiger partial charge is 0.306 e. The van der Waals surface area contributed by atoms with Crippen LogP contribution in [0.25, 0.3) is 0 Å². The third kappa shape index (κ3) is 3.26. The standard InChI is InChI=1S/C13H14F2N2O4/c14-9-5-6-10(17(20)21)12(11(9)15)16-8-3-1-7(2-4-8)13(18)19/h5-8,16H,1-4H2,(H,18,19). The summed E-state index contributed by atoms with van der Waals surface area (Å²) in [5, 5.41) is 22.4. The Labute approximate surface area is 118 Å². The molecule has 0 radical (unpaired) electrons. The van der Waals surface area contributed by atoms with E-state index in [-0.39, 0.29) is 6.04 Å². The molecule has 1 aliphatic rings. The van der Waals surface area contributed by atoms with E-state index >= 15 is 0 Å². The van der Waals surface area contributed by atoms with Crippen molar-refractivity contribution in [2.24, 2.45) is 5.92 Å². The predicted octanol–water partition coefficient (Wildman–Crippen LogP) is 2.93. The van der Waals surface area contributed by atoms with Gasteiger partial charge in [0.1, 0.15) is 0 Å². The highest BCUT2D eigenvalue weighted by Crippen LogP contribution is 2.33. The van der Waals surface area contributed by atoms with E-state index in [0.29, 0.717) is 31.7 Å². The molecular weight excluding hydrogens is 286 g/mol. The third-order valence-electron chi connectivity index (χ3n) is 3.69. The molecule has 1 aromatic carbocycles. The van der Waals surface area contributed by atoms with Crippen LogP contribution >= 0.6 is 0 Å². The van der Waals surface area contributed by atoms with Crippen LogP contribution in [-0.4, -0.2) is 22.0 Å². The van der Waals surface area contributed by atoms with Gasteiger partial charge in [-0.1, -0.05) is 0 Å². The maximum absolute atomic E-state index is 13.7. The number of benzene rings is 1. The van der Waals surface area contributed by atoms with E-state index in [4.69, 9.17) is 5.11 Å². The summed E-state index contributed by atoms with van der Waals surface area (Å²) in [5.74, 6) is -3.78. The van der Waals surface area contributed by atoms with E-state index in [9.17, 15) is 23.7 Å².